The van der Waals surface area contributed by atoms with Crippen molar-refractivity contribution in [2.45, 2.75) is 19.8 Å². The third-order valence-corrected chi connectivity index (χ3v) is 3.00. The Labute approximate surface area is 117 Å². The van der Waals surface area contributed by atoms with Crippen LogP contribution in [-0.2, 0) is 0 Å². The first-order chi connectivity index (χ1) is 9.49. The SMILES string of the molecule is CC(C)c1ccccc1Oc1cc(N)ccc1C(=O)O. The molecule has 0 aromatic heterocycles. The van der Waals surface area contributed by atoms with E-state index in [9.17, 15) is 9.90 Å². The molecular weight excluding hydrogens is 254 g/mol. The van der Waals surface area contributed by atoms with Crippen molar-refractivity contribution >= 4 is 11.7 Å². The van der Waals surface area contributed by atoms with E-state index < -0.39 is 5.97 Å². The lowest BCUT2D eigenvalue weighted by atomic mass is 10.0. The number of ether oxygens (including phenoxy) is 1. The number of hydrogen-bond donors (Lipinski definition) is 2. The summed E-state index contributed by atoms with van der Waals surface area (Å²) < 4.78 is 5.78. The zero-order valence-electron chi connectivity index (χ0n) is 11.5. The molecule has 0 heterocycles. The Morgan fingerprint density at radius 3 is 2.50 bits per heavy atom. The molecule has 0 unspecified atom stereocenters. The molecule has 2 rings (SSSR count). The fraction of sp³-hybridized carbons (Fsp3) is 0.188. The molecule has 2 aromatic rings. The zero-order valence-corrected chi connectivity index (χ0v) is 11.5. The number of para-hydroxylation sites is 1. The maximum Gasteiger partial charge on any atom is 0.339 e. The van der Waals surface area contributed by atoms with Crippen LogP contribution in [0.4, 0.5) is 5.69 Å². The van der Waals surface area contributed by atoms with Gasteiger partial charge >= 0.3 is 5.97 Å². The molecule has 20 heavy (non-hydrogen) atoms. The number of carbonyl (C=O) groups is 1. The first-order valence-electron chi connectivity index (χ1n) is 6.38. The van der Waals surface area contributed by atoms with Gasteiger partial charge in [-0.15, -0.1) is 0 Å². The zero-order chi connectivity index (χ0) is 14.7. The summed E-state index contributed by atoms with van der Waals surface area (Å²) in [5.41, 5.74) is 7.29. The fourth-order valence-corrected chi connectivity index (χ4v) is 1.97. The number of anilines is 1. The van der Waals surface area contributed by atoms with Crippen molar-refractivity contribution in [2.24, 2.45) is 0 Å². The Morgan fingerprint density at radius 2 is 1.85 bits per heavy atom. The van der Waals surface area contributed by atoms with E-state index in [0.29, 0.717) is 11.4 Å². The van der Waals surface area contributed by atoms with Crippen LogP contribution < -0.4 is 10.5 Å². The third kappa shape index (κ3) is 2.91. The Morgan fingerprint density at radius 1 is 1.15 bits per heavy atom. The lowest BCUT2D eigenvalue weighted by molar-refractivity contribution is 0.0694. The second-order valence-corrected chi connectivity index (χ2v) is 4.86. The molecule has 0 bridgehead atoms. The average Bonchev–Trinajstić information content (AvgIpc) is 2.38. The maximum absolute atomic E-state index is 11.2. The number of rotatable bonds is 4. The van der Waals surface area contributed by atoms with Crippen LogP contribution in [0.1, 0.15) is 35.7 Å². The monoisotopic (exact) mass is 271 g/mol. The summed E-state index contributed by atoms with van der Waals surface area (Å²) >= 11 is 0. The van der Waals surface area contributed by atoms with Gasteiger partial charge in [-0.05, 0) is 29.7 Å². The molecule has 0 radical (unpaired) electrons. The normalized spacial score (nSPS) is 10.6. The van der Waals surface area contributed by atoms with Gasteiger partial charge in [0.25, 0.3) is 0 Å². The van der Waals surface area contributed by atoms with Gasteiger partial charge in [0.05, 0.1) is 0 Å². The van der Waals surface area contributed by atoms with Crippen LogP contribution in [0.15, 0.2) is 42.5 Å². The highest BCUT2D eigenvalue weighted by Crippen LogP contribution is 2.33. The topological polar surface area (TPSA) is 72.5 Å². The predicted octanol–water partition coefficient (Wildman–Crippen LogP) is 3.88. The van der Waals surface area contributed by atoms with Crippen LogP contribution in [0.2, 0.25) is 0 Å². The molecule has 0 aliphatic heterocycles. The van der Waals surface area contributed by atoms with E-state index in [2.05, 4.69) is 13.8 Å². The molecule has 0 amide bonds. The van der Waals surface area contributed by atoms with E-state index in [1.165, 1.54) is 12.1 Å². The van der Waals surface area contributed by atoms with Crippen LogP contribution in [0.25, 0.3) is 0 Å². The third-order valence-electron chi connectivity index (χ3n) is 3.00. The molecule has 0 saturated heterocycles. The van der Waals surface area contributed by atoms with Gasteiger partial charge in [0.15, 0.2) is 0 Å². The van der Waals surface area contributed by atoms with Gasteiger partial charge in [0.2, 0.25) is 0 Å². The highest BCUT2D eigenvalue weighted by Gasteiger charge is 2.14. The van der Waals surface area contributed by atoms with E-state index in [1.54, 1.807) is 6.07 Å². The van der Waals surface area contributed by atoms with Crippen molar-refractivity contribution in [3.05, 3.63) is 53.6 Å². The smallest absolute Gasteiger partial charge is 0.339 e. The predicted molar refractivity (Wildman–Crippen MR) is 78.4 cm³/mol. The minimum Gasteiger partial charge on any atom is -0.478 e. The van der Waals surface area contributed by atoms with E-state index in [4.69, 9.17) is 10.5 Å². The number of hydrogen-bond acceptors (Lipinski definition) is 3. The number of carboxylic acid groups (broad SMARTS) is 1. The van der Waals surface area contributed by atoms with Gasteiger partial charge in [0.1, 0.15) is 17.1 Å². The molecule has 0 atom stereocenters. The summed E-state index contributed by atoms with van der Waals surface area (Å²) in [5, 5.41) is 9.19. The summed E-state index contributed by atoms with van der Waals surface area (Å²) in [6, 6.07) is 12.1. The van der Waals surface area contributed by atoms with Gasteiger partial charge < -0.3 is 15.6 Å². The summed E-state index contributed by atoms with van der Waals surface area (Å²) in [4.78, 5) is 11.2. The van der Waals surface area contributed by atoms with Gasteiger partial charge in [-0.1, -0.05) is 32.0 Å². The Hall–Kier alpha value is -2.49. The van der Waals surface area contributed by atoms with E-state index in [0.717, 1.165) is 5.56 Å². The number of benzene rings is 2. The van der Waals surface area contributed by atoms with Crippen molar-refractivity contribution in [3.8, 4) is 11.5 Å². The first kappa shape index (κ1) is 13.9. The number of nitrogen functional groups attached to an aromatic ring is 1. The summed E-state index contributed by atoms with van der Waals surface area (Å²) in [7, 11) is 0. The van der Waals surface area contributed by atoms with E-state index in [-0.39, 0.29) is 17.2 Å². The minimum atomic E-state index is -1.04. The second-order valence-electron chi connectivity index (χ2n) is 4.86. The number of nitrogens with two attached hydrogens (primary N) is 1. The van der Waals surface area contributed by atoms with Crippen molar-refractivity contribution < 1.29 is 14.6 Å². The lowest BCUT2D eigenvalue weighted by Gasteiger charge is -2.15. The molecular formula is C16H17NO3. The molecule has 104 valence electrons. The van der Waals surface area contributed by atoms with Crippen LogP contribution in [0, 0.1) is 0 Å². The fourth-order valence-electron chi connectivity index (χ4n) is 1.97. The molecule has 0 aliphatic carbocycles. The average molecular weight is 271 g/mol. The van der Waals surface area contributed by atoms with Gasteiger partial charge in [-0.3, -0.25) is 0 Å². The highest BCUT2D eigenvalue weighted by molar-refractivity contribution is 5.91. The summed E-state index contributed by atoms with van der Waals surface area (Å²) in [5.74, 6) is 0.142. The Kier molecular flexibility index (Phi) is 3.94. The molecule has 2 aromatic carbocycles. The van der Waals surface area contributed by atoms with Crippen LogP contribution in [0.3, 0.4) is 0 Å². The van der Waals surface area contributed by atoms with Crippen molar-refractivity contribution in [2.75, 3.05) is 5.73 Å². The Balaban J connectivity index is 2.45. The van der Waals surface area contributed by atoms with Crippen molar-refractivity contribution in [3.63, 3.8) is 0 Å². The molecule has 0 fully saturated rings. The maximum atomic E-state index is 11.2. The minimum absolute atomic E-state index is 0.0951. The molecule has 0 aliphatic rings. The number of aromatic carboxylic acids is 1. The van der Waals surface area contributed by atoms with Crippen LogP contribution in [0.5, 0.6) is 11.5 Å². The Bertz CT molecular complexity index is 635. The van der Waals surface area contributed by atoms with E-state index in [1.807, 2.05) is 24.3 Å². The first-order valence-corrected chi connectivity index (χ1v) is 6.38. The van der Waals surface area contributed by atoms with E-state index >= 15 is 0 Å². The molecule has 3 N–H and O–H groups in total. The number of carboxylic acids is 1. The van der Waals surface area contributed by atoms with Crippen LogP contribution >= 0.6 is 0 Å². The highest BCUT2D eigenvalue weighted by atomic mass is 16.5. The van der Waals surface area contributed by atoms with Crippen LogP contribution in [-0.4, -0.2) is 11.1 Å². The van der Waals surface area contributed by atoms with Gasteiger partial charge in [-0.25, -0.2) is 4.79 Å². The van der Waals surface area contributed by atoms with Gasteiger partial charge in [-0.2, -0.15) is 0 Å². The molecule has 0 spiro atoms. The van der Waals surface area contributed by atoms with Gasteiger partial charge in [0, 0.05) is 11.8 Å². The standard InChI is InChI=1S/C16H17NO3/c1-10(2)12-5-3-4-6-14(12)20-15-9-11(17)7-8-13(15)16(18)19/h3-10H,17H2,1-2H3,(H,18,19). The summed E-state index contributed by atoms with van der Waals surface area (Å²) in [6.07, 6.45) is 0. The van der Waals surface area contributed by atoms with Crippen molar-refractivity contribution in [1.29, 1.82) is 0 Å². The largest absolute Gasteiger partial charge is 0.478 e. The summed E-state index contributed by atoms with van der Waals surface area (Å²) in [6.45, 7) is 4.11. The molecule has 4 nitrogen and oxygen atoms in total. The lowest BCUT2D eigenvalue weighted by Crippen LogP contribution is -2.02. The quantitative estimate of drug-likeness (QED) is 0.828. The van der Waals surface area contributed by atoms with Crippen molar-refractivity contribution in [1.82, 2.24) is 0 Å². The second kappa shape index (κ2) is 5.65. The molecule has 0 saturated carbocycles. The molecule has 4 heteroatoms.